The summed E-state index contributed by atoms with van der Waals surface area (Å²) in [4.78, 5) is 48.9. The van der Waals surface area contributed by atoms with E-state index in [4.69, 9.17) is 4.74 Å². The smallest absolute Gasteiger partial charge is 0.338 e. The molecule has 9 heteroatoms. The van der Waals surface area contributed by atoms with Gasteiger partial charge < -0.3 is 4.74 Å². The van der Waals surface area contributed by atoms with Gasteiger partial charge in [-0.05, 0) is 37.6 Å². The molecule has 2 amide bonds. The molecule has 2 aromatic carbocycles. The van der Waals surface area contributed by atoms with Crippen LogP contribution in [0.25, 0.3) is 0 Å². The Morgan fingerprint density at radius 3 is 2.55 bits per heavy atom. The number of rotatable bonds is 6. The molecular weight excluding hydrogens is 396 g/mol. The molecule has 0 spiro atoms. The molecule has 0 bridgehead atoms. The Hall–Kier alpha value is -3.20. The normalized spacial score (nSPS) is 13.4. The molecule has 1 aliphatic rings. The van der Waals surface area contributed by atoms with Crippen LogP contribution in [-0.2, 0) is 14.3 Å². The summed E-state index contributed by atoms with van der Waals surface area (Å²) < 4.78 is 4.94. The number of amides is 2. The zero-order valence-electron chi connectivity index (χ0n) is 15.6. The Balaban J connectivity index is 1.70. The summed E-state index contributed by atoms with van der Waals surface area (Å²) >= 11 is 1.21. The van der Waals surface area contributed by atoms with Gasteiger partial charge in [-0.3, -0.25) is 24.6 Å². The molecule has 0 aromatic heterocycles. The van der Waals surface area contributed by atoms with E-state index in [9.17, 15) is 24.5 Å². The molecule has 8 nitrogen and oxygen atoms in total. The van der Waals surface area contributed by atoms with Crippen molar-refractivity contribution in [3.63, 3.8) is 0 Å². The lowest BCUT2D eigenvalue weighted by Crippen LogP contribution is -2.35. The SMILES string of the molecule is Cc1ccc(Sc2ccc(C(=O)OCC(=O)N3CCCC3=O)cc2[N+](=O)[O-])cc1. The van der Waals surface area contributed by atoms with Crippen molar-refractivity contribution in [1.29, 1.82) is 0 Å². The number of esters is 1. The van der Waals surface area contributed by atoms with Crippen LogP contribution < -0.4 is 0 Å². The summed E-state index contributed by atoms with van der Waals surface area (Å²) in [5.74, 6) is -1.75. The molecule has 0 aliphatic carbocycles. The summed E-state index contributed by atoms with van der Waals surface area (Å²) in [5.41, 5.74) is 0.809. The lowest BCUT2D eigenvalue weighted by Gasteiger charge is -2.13. The van der Waals surface area contributed by atoms with E-state index in [2.05, 4.69) is 0 Å². The molecular formula is C20H18N2O6S. The van der Waals surface area contributed by atoms with Gasteiger partial charge in [0, 0.05) is 23.9 Å². The number of nitro benzene ring substituents is 1. The minimum atomic E-state index is -0.861. The number of imide groups is 1. The Labute approximate surface area is 171 Å². The van der Waals surface area contributed by atoms with E-state index < -0.39 is 23.4 Å². The second-order valence-electron chi connectivity index (χ2n) is 6.47. The topological polar surface area (TPSA) is 107 Å². The van der Waals surface area contributed by atoms with E-state index in [1.165, 1.54) is 23.9 Å². The maximum absolute atomic E-state index is 12.2. The van der Waals surface area contributed by atoms with E-state index >= 15 is 0 Å². The molecule has 0 N–H and O–H groups in total. The van der Waals surface area contributed by atoms with Gasteiger partial charge in [0.2, 0.25) is 5.91 Å². The summed E-state index contributed by atoms with van der Waals surface area (Å²) in [6, 6.07) is 11.5. The number of likely N-dealkylation sites (tertiary alicyclic amines) is 1. The second-order valence-corrected chi connectivity index (χ2v) is 7.59. The number of hydrogen-bond acceptors (Lipinski definition) is 7. The van der Waals surface area contributed by atoms with Gasteiger partial charge in [0.15, 0.2) is 6.61 Å². The third kappa shape index (κ3) is 5.00. The Kier molecular flexibility index (Phi) is 6.28. The Morgan fingerprint density at radius 1 is 1.21 bits per heavy atom. The standard InChI is InChI=1S/C20H18N2O6S/c1-13-4-7-15(8-5-13)29-17-9-6-14(11-16(17)22(26)27)20(25)28-12-19(24)21-10-2-3-18(21)23/h4-9,11H,2-3,10,12H2,1H3. The quantitative estimate of drug-likeness (QED) is 0.405. The monoisotopic (exact) mass is 414 g/mol. The van der Waals surface area contributed by atoms with Crippen LogP contribution >= 0.6 is 11.8 Å². The highest BCUT2D eigenvalue weighted by molar-refractivity contribution is 7.99. The van der Waals surface area contributed by atoms with E-state index in [1.807, 2.05) is 31.2 Å². The van der Waals surface area contributed by atoms with E-state index in [0.29, 0.717) is 24.3 Å². The number of aryl methyl sites for hydroxylation is 1. The third-order valence-electron chi connectivity index (χ3n) is 4.34. The van der Waals surface area contributed by atoms with Gasteiger partial charge in [-0.15, -0.1) is 0 Å². The van der Waals surface area contributed by atoms with E-state index in [-0.39, 0.29) is 17.2 Å². The largest absolute Gasteiger partial charge is 0.452 e. The van der Waals surface area contributed by atoms with Gasteiger partial charge in [-0.1, -0.05) is 29.5 Å². The summed E-state index contributed by atoms with van der Waals surface area (Å²) in [6.07, 6.45) is 0.886. The van der Waals surface area contributed by atoms with Crippen molar-refractivity contribution in [2.45, 2.75) is 29.6 Å². The maximum atomic E-state index is 12.2. The van der Waals surface area contributed by atoms with Crippen LogP contribution in [0.5, 0.6) is 0 Å². The zero-order chi connectivity index (χ0) is 21.0. The van der Waals surface area contributed by atoms with Crippen molar-refractivity contribution < 1.29 is 24.0 Å². The van der Waals surface area contributed by atoms with Crippen LogP contribution in [-0.4, -0.2) is 40.8 Å². The van der Waals surface area contributed by atoms with Crippen molar-refractivity contribution >= 4 is 35.2 Å². The number of ether oxygens (including phenoxy) is 1. The molecule has 0 atom stereocenters. The number of nitrogens with zero attached hydrogens (tertiary/aromatic N) is 2. The lowest BCUT2D eigenvalue weighted by molar-refractivity contribution is -0.387. The molecule has 3 rings (SSSR count). The minimum absolute atomic E-state index is 0.0366. The first-order chi connectivity index (χ1) is 13.8. The highest BCUT2D eigenvalue weighted by atomic mass is 32.2. The van der Waals surface area contributed by atoms with Crippen molar-refractivity contribution in [2.24, 2.45) is 0 Å². The molecule has 0 saturated carbocycles. The molecule has 0 radical (unpaired) electrons. The fraction of sp³-hybridized carbons (Fsp3) is 0.250. The first-order valence-corrected chi connectivity index (χ1v) is 9.70. The van der Waals surface area contributed by atoms with Gasteiger partial charge in [0.25, 0.3) is 11.6 Å². The highest BCUT2D eigenvalue weighted by Crippen LogP contribution is 2.35. The predicted molar refractivity (Wildman–Crippen MR) is 105 cm³/mol. The maximum Gasteiger partial charge on any atom is 0.338 e. The Morgan fingerprint density at radius 2 is 1.93 bits per heavy atom. The van der Waals surface area contributed by atoms with Crippen LogP contribution in [0.3, 0.4) is 0 Å². The molecule has 150 valence electrons. The van der Waals surface area contributed by atoms with Crippen molar-refractivity contribution in [3.8, 4) is 0 Å². The van der Waals surface area contributed by atoms with Gasteiger partial charge in [-0.25, -0.2) is 4.79 Å². The third-order valence-corrected chi connectivity index (χ3v) is 5.41. The zero-order valence-corrected chi connectivity index (χ0v) is 16.4. The van der Waals surface area contributed by atoms with Crippen molar-refractivity contribution in [3.05, 3.63) is 63.7 Å². The molecule has 1 aliphatic heterocycles. The number of benzene rings is 2. The Bertz CT molecular complexity index is 973. The molecule has 0 unspecified atom stereocenters. The van der Waals surface area contributed by atoms with Crippen LogP contribution in [0.15, 0.2) is 52.3 Å². The molecule has 1 heterocycles. The fourth-order valence-electron chi connectivity index (χ4n) is 2.81. The molecule has 1 fully saturated rings. The molecule has 29 heavy (non-hydrogen) atoms. The summed E-state index contributed by atoms with van der Waals surface area (Å²) in [5, 5.41) is 11.5. The number of carbonyl (C=O) groups is 3. The minimum Gasteiger partial charge on any atom is -0.452 e. The van der Waals surface area contributed by atoms with Gasteiger partial charge >= 0.3 is 5.97 Å². The van der Waals surface area contributed by atoms with Crippen LogP contribution in [0.2, 0.25) is 0 Å². The average Bonchev–Trinajstić information content (AvgIpc) is 3.13. The second kappa shape index (κ2) is 8.87. The number of carbonyl (C=O) groups excluding carboxylic acids is 3. The van der Waals surface area contributed by atoms with E-state index in [1.54, 1.807) is 0 Å². The van der Waals surface area contributed by atoms with Crippen molar-refractivity contribution in [2.75, 3.05) is 13.2 Å². The van der Waals surface area contributed by atoms with Crippen LogP contribution in [0.4, 0.5) is 5.69 Å². The van der Waals surface area contributed by atoms with Crippen LogP contribution in [0.1, 0.15) is 28.8 Å². The summed E-state index contributed by atoms with van der Waals surface area (Å²) in [7, 11) is 0. The van der Waals surface area contributed by atoms with Gasteiger partial charge in [0.05, 0.1) is 15.4 Å². The van der Waals surface area contributed by atoms with Crippen LogP contribution in [0, 0.1) is 17.0 Å². The number of hydrogen-bond donors (Lipinski definition) is 0. The molecule has 2 aromatic rings. The summed E-state index contributed by atoms with van der Waals surface area (Å²) in [6.45, 7) is 1.67. The fourth-order valence-corrected chi connectivity index (χ4v) is 3.71. The first kappa shape index (κ1) is 20.5. The van der Waals surface area contributed by atoms with Crippen molar-refractivity contribution in [1.82, 2.24) is 4.90 Å². The first-order valence-electron chi connectivity index (χ1n) is 8.88. The van der Waals surface area contributed by atoms with Gasteiger partial charge in [-0.2, -0.15) is 0 Å². The van der Waals surface area contributed by atoms with E-state index in [0.717, 1.165) is 21.4 Å². The lowest BCUT2D eigenvalue weighted by atomic mass is 10.2. The molecule has 1 saturated heterocycles. The highest BCUT2D eigenvalue weighted by Gasteiger charge is 2.27. The number of nitro groups is 1. The predicted octanol–water partition coefficient (Wildman–Crippen LogP) is 3.36. The average molecular weight is 414 g/mol. The van der Waals surface area contributed by atoms with Gasteiger partial charge in [0.1, 0.15) is 0 Å².